The molecule has 1 heterocycles. The van der Waals surface area contributed by atoms with Crippen molar-refractivity contribution in [1.82, 2.24) is 15.3 Å². The number of amides is 1. The van der Waals surface area contributed by atoms with Crippen LogP contribution in [0.5, 0.6) is 0 Å². The van der Waals surface area contributed by atoms with Gasteiger partial charge in [-0.2, -0.15) is 0 Å². The average Bonchev–Trinajstić information content (AvgIpc) is 2.77. The first-order valence-electron chi connectivity index (χ1n) is 5.53. The Hall–Kier alpha value is -1.65. The molecule has 0 saturated heterocycles. The van der Waals surface area contributed by atoms with Crippen molar-refractivity contribution in [3.8, 4) is 0 Å². The number of hydrogen-bond acceptors (Lipinski definition) is 4. The second-order valence-electron chi connectivity index (χ2n) is 3.98. The number of aryl methyl sites for hydroxylation is 1. The fraction of sp³-hybridized carbons (Fsp3) is 0.545. The summed E-state index contributed by atoms with van der Waals surface area (Å²) < 4.78 is 0. The highest BCUT2D eigenvalue weighted by Crippen LogP contribution is 2.25. The number of fused-ring (bicyclic) bond motifs is 1. The maximum atomic E-state index is 11.4. The van der Waals surface area contributed by atoms with Crippen LogP contribution in [0.25, 0.3) is 0 Å². The highest BCUT2D eigenvalue weighted by atomic mass is 16.2. The van der Waals surface area contributed by atoms with Crippen molar-refractivity contribution in [1.29, 1.82) is 0 Å². The van der Waals surface area contributed by atoms with E-state index in [9.17, 15) is 4.79 Å². The zero-order chi connectivity index (χ0) is 11.5. The molecule has 0 fully saturated rings. The van der Waals surface area contributed by atoms with Crippen LogP contribution in [0.1, 0.15) is 24.6 Å². The van der Waals surface area contributed by atoms with Gasteiger partial charge in [0.25, 0.3) is 0 Å². The first-order chi connectivity index (χ1) is 7.72. The molecule has 0 saturated carbocycles. The molecular formula is C11H16N4O. The molecule has 5 nitrogen and oxygen atoms in total. The Balaban J connectivity index is 2.16. The second kappa shape index (κ2) is 4.47. The van der Waals surface area contributed by atoms with Crippen LogP contribution in [0.3, 0.4) is 0 Å². The molecule has 0 spiro atoms. The van der Waals surface area contributed by atoms with Crippen LogP contribution >= 0.6 is 0 Å². The van der Waals surface area contributed by atoms with Gasteiger partial charge in [0, 0.05) is 18.3 Å². The van der Waals surface area contributed by atoms with E-state index in [1.54, 1.807) is 13.4 Å². The lowest BCUT2D eigenvalue weighted by Gasteiger charge is -2.14. The van der Waals surface area contributed by atoms with E-state index in [1.807, 2.05) is 6.92 Å². The molecule has 0 radical (unpaired) electrons. The monoisotopic (exact) mass is 220 g/mol. The van der Waals surface area contributed by atoms with E-state index in [-0.39, 0.29) is 11.9 Å². The van der Waals surface area contributed by atoms with Gasteiger partial charge in [-0.25, -0.2) is 9.97 Å². The number of likely N-dealkylation sites (N-methyl/N-ethyl adjacent to an activating group) is 1. The highest BCUT2D eigenvalue weighted by Gasteiger charge is 2.19. The van der Waals surface area contributed by atoms with Gasteiger partial charge < -0.3 is 10.6 Å². The Morgan fingerprint density at radius 1 is 1.44 bits per heavy atom. The Labute approximate surface area is 94.7 Å². The van der Waals surface area contributed by atoms with Crippen LogP contribution in [0.4, 0.5) is 5.82 Å². The normalized spacial score (nSPS) is 15.4. The molecule has 0 aromatic carbocycles. The Kier molecular flexibility index (Phi) is 3.03. The minimum absolute atomic E-state index is 0.0367. The molecule has 1 unspecified atom stereocenters. The van der Waals surface area contributed by atoms with Gasteiger partial charge in [0.05, 0.1) is 0 Å². The van der Waals surface area contributed by atoms with Crippen molar-refractivity contribution in [2.45, 2.75) is 32.2 Å². The van der Waals surface area contributed by atoms with Gasteiger partial charge in [-0.15, -0.1) is 0 Å². The summed E-state index contributed by atoms with van der Waals surface area (Å²) in [6, 6.07) is -0.274. The number of rotatable bonds is 3. The maximum absolute atomic E-state index is 11.4. The standard InChI is InChI=1S/C11H16N4O/c1-7(11(16)12-2)15-10-8-4-3-5-9(8)13-6-14-10/h6-7H,3-5H2,1-2H3,(H,12,16)(H,13,14,15). The van der Waals surface area contributed by atoms with Crippen LogP contribution in [-0.2, 0) is 17.6 Å². The molecule has 2 N–H and O–H groups in total. The van der Waals surface area contributed by atoms with Gasteiger partial charge >= 0.3 is 0 Å². The van der Waals surface area contributed by atoms with Gasteiger partial charge in [0.2, 0.25) is 5.91 Å². The van der Waals surface area contributed by atoms with Crippen molar-refractivity contribution in [2.24, 2.45) is 0 Å². The fourth-order valence-electron chi connectivity index (χ4n) is 1.97. The topological polar surface area (TPSA) is 66.9 Å². The third-order valence-corrected chi connectivity index (χ3v) is 2.87. The molecule has 1 aliphatic rings. The van der Waals surface area contributed by atoms with E-state index in [2.05, 4.69) is 20.6 Å². The molecule has 1 amide bonds. The number of nitrogens with zero attached hydrogens (tertiary/aromatic N) is 2. The first-order valence-corrected chi connectivity index (χ1v) is 5.53. The molecule has 0 bridgehead atoms. The smallest absolute Gasteiger partial charge is 0.241 e. The van der Waals surface area contributed by atoms with Crippen LogP contribution in [-0.4, -0.2) is 29.0 Å². The quantitative estimate of drug-likeness (QED) is 0.779. The van der Waals surface area contributed by atoms with E-state index >= 15 is 0 Å². The third kappa shape index (κ3) is 1.98. The zero-order valence-electron chi connectivity index (χ0n) is 9.58. The summed E-state index contributed by atoms with van der Waals surface area (Å²) in [5, 5.41) is 5.74. The molecular weight excluding hydrogens is 204 g/mol. The summed E-state index contributed by atoms with van der Waals surface area (Å²) in [6.07, 6.45) is 4.69. The summed E-state index contributed by atoms with van der Waals surface area (Å²) in [5.41, 5.74) is 2.28. The lowest BCUT2D eigenvalue weighted by atomic mass is 10.2. The van der Waals surface area contributed by atoms with Gasteiger partial charge in [-0.05, 0) is 26.2 Å². The van der Waals surface area contributed by atoms with Crippen molar-refractivity contribution in [2.75, 3.05) is 12.4 Å². The summed E-state index contributed by atoms with van der Waals surface area (Å²) >= 11 is 0. The molecule has 86 valence electrons. The molecule has 16 heavy (non-hydrogen) atoms. The minimum Gasteiger partial charge on any atom is -0.358 e. The molecule has 0 aliphatic heterocycles. The highest BCUT2D eigenvalue weighted by molar-refractivity contribution is 5.83. The predicted molar refractivity (Wildman–Crippen MR) is 61.2 cm³/mol. The number of hydrogen-bond donors (Lipinski definition) is 2. The molecule has 1 aliphatic carbocycles. The van der Waals surface area contributed by atoms with Gasteiger partial charge in [-0.3, -0.25) is 4.79 Å². The van der Waals surface area contributed by atoms with Crippen LogP contribution < -0.4 is 10.6 Å². The van der Waals surface area contributed by atoms with Crippen molar-refractivity contribution < 1.29 is 4.79 Å². The van der Waals surface area contributed by atoms with Crippen molar-refractivity contribution in [3.05, 3.63) is 17.6 Å². The lowest BCUT2D eigenvalue weighted by molar-refractivity contribution is -0.121. The van der Waals surface area contributed by atoms with Crippen LogP contribution in [0.15, 0.2) is 6.33 Å². The van der Waals surface area contributed by atoms with E-state index in [0.717, 1.165) is 30.8 Å². The lowest BCUT2D eigenvalue weighted by Crippen LogP contribution is -2.35. The molecule has 1 aromatic rings. The maximum Gasteiger partial charge on any atom is 0.241 e. The molecule has 2 rings (SSSR count). The summed E-state index contributed by atoms with van der Waals surface area (Å²) in [5.74, 6) is 0.768. The fourth-order valence-corrected chi connectivity index (χ4v) is 1.97. The third-order valence-electron chi connectivity index (χ3n) is 2.87. The van der Waals surface area contributed by atoms with E-state index in [4.69, 9.17) is 0 Å². The Morgan fingerprint density at radius 3 is 3.00 bits per heavy atom. The number of aromatic nitrogens is 2. The van der Waals surface area contributed by atoms with Crippen LogP contribution in [0.2, 0.25) is 0 Å². The second-order valence-corrected chi connectivity index (χ2v) is 3.98. The number of carbonyl (C=O) groups excluding carboxylic acids is 1. The van der Waals surface area contributed by atoms with Gasteiger partial charge in [-0.1, -0.05) is 0 Å². The van der Waals surface area contributed by atoms with E-state index < -0.39 is 0 Å². The number of carbonyl (C=O) groups is 1. The Morgan fingerprint density at radius 2 is 2.25 bits per heavy atom. The predicted octanol–water partition coefficient (Wildman–Crippen LogP) is 0.512. The Bertz CT molecular complexity index is 405. The first kappa shape index (κ1) is 10.9. The number of anilines is 1. The SMILES string of the molecule is CNC(=O)C(C)Nc1ncnc2c1CCC2. The average molecular weight is 220 g/mol. The minimum atomic E-state index is -0.274. The van der Waals surface area contributed by atoms with E-state index in [0.29, 0.717) is 0 Å². The summed E-state index contributed by atoms with van der Waals surface area (Å²) in [7, 11) is 1.63. The molecule has 5 heteroatoms. The van der Waals surface area contributed by atoms with Crippen molar-refractivity contribution >= 4 is 11.7 Å². The van der Waals surface area contributed by atoms with E-state index in [1.165, 1.54) is 5.56 Å². The van der Waals surface area contributed by atoms with Gasteiger partial charge in [0.1, 0.15) is 18.2 Å². The number of nitrogens with one attached hydrogen (secondary N) is 2. The molecule has 1 atom stereocenters. The van der Waals surface area contributed by atoms with Gasteiger partial charge in [0.15, 0.2) is 0 Å². The molecule has 1 aromatic heterocycles. The zero-order valence-corrected chi connectivity index (χ0v) is 9.58. The van der Waals surface area contributed by atoms with Crippen LogP contribution in [0, 0.1) is 0 Å². The summed E-state index contributed by atoms with van der Waals surface area (Å²) in [4.78, 5) is 19.8. The van der Waals surface area contributed by atoms with Crippen molar-refractivity contribution in [3.63, 3.8) is 0 Å². The largest absolute Gasteiger partial charge is 0.358 e. The summed E-state index contributed by atoms with van der Waals surface area (Å²) in [6.45, 7) is 1.82.